The molecule has 1 aromatic heterocycles. The van der Waals surface area contributed by atoms with E-state index >= 15 is 0 Å². The molecule has 10 heteroatoms. The average Bonchev–Trinajstić information content (AvgIpc) is 2.95. The molecule has 0 spiro atoms. The van der Waals surface area contributed by atoms with Crippen LogP contribution >= 0.6 is 0 Å². The number of hydrogen-bond acceptors (Lipinski definition) is 5. The van der Waals surface area contributed by atoms with Crippen molar-refractivity contribution in [1.82, 2.24) is 4.98 Å². The molecule has 2 aliphatic rings. The van der Waals surface area contributed by atoms with Crippen LogP contribution < -0.4 is 4.74 Å². The number of fused-ring (bicyclic) bond motifs is 1. The first-order valence-electron chi connectivity index (χ1n) is 10.6. The molecule has 2 heterocycles. The van der Waals surface area contributed by atoms with Crippen molar-refractivity contribution in [2.24, 2.45) is 17.8 Å². The van der Waals surface area contributed by atoms with Gasteiger partial charge in [-0.05, 0) is 31.1 Å². The van der Waals surface area contributed by atoms with Gasteiger partial charge in [0.05, 0.1) is 12.1 Å². The number of carbonyl (C=O) groups is 1. The largest absolute Gasteiger partial charge is 0.573 e. The number of aromatic nitrogens is 1. The Hall–Kier alpha value is -3.01. The standard InChI is InChI=1S/C24H22F5NO4/c1-13-17(20-14(2)33-21(31)22(20,32)12-23(13,25)26)10-9-16-8-7-15(11-30-16)18-5-3-4-6-19(18)34-24(27,28)29/h3-11,13-14,17,20,32H,12H2,1-2H3/b10-9+/t13-,14+,17-,20-,22-/m0/s1. The van der Waals surface area contributed by atoms with Gasteiger partial charge >= 0.3 is 12.3 Å². The van der Waals surface area contributed by atoms with Crippen molar-refractivity contribution in [1.29, 1.82) is 0 Å². The van der Waals surface area contributed by atoms with Gasteiger partial charge in [0.15, 0.2) is 5.60 Å². The van der Waals surface area contributed by atoms with Gasteiger partial charge in [-0.25, -0.2) is 13.6 Å². The maximum Gasteiger partial charge on any atom is 0.573 e. The first kappa shape index (κ1) is 24.1. The lowest BCUT2D eigenvalue weighted by Crippen LogP contribution is -2.57. The summed E-state index contributed by atoms with van der Waals surface area (Å²) in [6.45, 7) is 2.92. The topological polar surface area (TPSA) is 68.7 Å². The third kappa shape index (κ3) is 4.38. The number of nitrogens with zero attached hydrogens (tertiary/aromatic N) is 1. The minimum atomic E-state index is -4.85. The summed E-state index contributed by atoms with van der Waals surface area (Å²) in [7, 11) is 0. The highest BCUT2D eigenvalue weighted by Gasteiger charge is 2.67. The van der Waals surface area contributed by atoms with Gasteiger partial charge < -0.3 is 14.6 Å². The highest BCUT2D eigenvalue weighted by Crippen LogP contribution is 2.54. The molecule has 1 saturated carbocycles. The lowest BCUT2D eigenvalue weighted by molar-refractivity contribution is -0.274. The van der Waals surface area contributed by atoms with E-state index in [1.54, 1.807) is 13.0 Å². The van der Waals surface area contributed by atoms with Gasteiger partial charge in [0.1, 0.15) is 11.9 Å². The summed E-state index contributed by atoms with van der Waals surface area (Å²) in [5.41, 5.74) is -1.36. The highest BCUT2D eigenvalue weighted by atomic mass is 19.4. The molecule has 182 valence electrons. The lowest BCUT2D eigenvalue weighted by Gasteiger charge is -2.45. The predicted molar refractivity (Wildman–Crippen MR) is 112 cm³/mol. The number of benzene rings is 1. The fourth-order valence-electron chi connectivity index (χ4n) is 4.88. The maximum absolute atomic E-state index is 14.6. The molecule has 4 rings (SSSR count). The van der Waals surface area contributed by atoms with Crippen molar-refractivity contribution in [3.05, 3.63) is 54.4 Å². The Kier molecular flexibility index (Phi) is 5.91. The summed E-state index contributed by atoms with van der Waals surface area (Å²) < 4.78 is 76.5. The molecular formula is C24H22F5NO4. The fourth-order valence-corrected chi connectivity index (χ4v) is 4.88. The summed E-state index contributed by atoms with van der Waals surface area (Å²) in [5, 5.41) is 10.7. The van der Waals surface area contributed by atoms with Gasteiger partial charge in [-0.15, -0.1) is 13.2 Å². The fraction of sp³-hybridized carbons (Fsp3) is 0.417. The molecular weight excluding hydrogens is 461 g/mol. The SMILES string of the molecule is C[C@H]1OC(=O)[C@]2(O)CC(F)(F)[C@@H](C)[C@H](/C=C/c3ccc(-c4ccccc4OC(F)(F)F)cn3)[C@H]12. The van der Waals surface area contributed by atoms with Crippen LogP contribution in [0.1, 0.15) is 26.0 Å². The third-order valence-electron chi connectivity index (χ3n) is 6.57. The molecule has 5 atom stereocenters. The van der Waals surface area contributed by atoms with E-state index < -0.39 is 54.1 Å². The van der Waals surface area contributed by atoms with Crippen LogP contribution in [0, 0.1) is 17.8 Å². The Morgan fingerprint density at radius 1 is 1.18 bits per heavy atom. The Bertz CT molecular complexity index is 1100. The van der Waals surface area contributed by atoms with E-state index in [0.29, 0.717) is 11.3 Å². The molecule has 0 unspecified atom stereocenters. The number of halogens is 5. The number of alkyl halides is 5. The van der Waals surface area contributed by atoms with Crippen molar-refractivity contribution in [2.75, 3.05) is 0 Å². The number of hydrogen-bond donors (Lipinski definition) is 1. The Morgan fingerprint density at radius 3 is 2.53 bits per heavy atom. The molecule has 34 heavy (non-hydrogen) atoms. The zero-order valence-electron chi connectivity index (χ0n) is 18.2. The quantitative estimate of drug-likeness (QED) is 0.476. The zero-order valence-corrected chi connectivity index (χ0v) is 18.2. The number of cyclic esters (lactones) is 1. The third-order valence-corrected chi connectivity index (χ3v) is 6.57. The van der Waals surface area contributed by atoms with Gasteiger partial charge in [0.2, 0.25) is 0 Å². The number of esters is 1. The van der Waals surface area contributed by atoms with Crippen LogP contribution in [0.25, 0.3) is 17.2 Å². The van der Waals surface area contributed by atoms with Crippen molar-refractivity contribution in [2.45, 2.75) is 44.3 Å². The molecule has 1 aliphatic heterocycles. The second kappa shape index (κ2) is 8.33. The number of carbonyl (C=O) groups excluding carboxylic acids is 1. The van der Waals surface area contributed by atoms with Crippen molar-refractivity contribution in [3.8, 4) is 16.9 Å². The average molecular weight is 483 g/mol. The van der Waals surface area contributed by atoms with Crippen LogP contribution in [0.4, 0.5) is 22.0 Å². The number of ether oxygens (including phenoxy) is 2. The molecule has 0 amide bonds. The molecule has 1 aromatic carbocycles. The van der Waals surface area contributed by atoms with Crippen molar-refractivity contribution < 1.29 is 41.3 Å². The van der Waals surface area contributed by atoms with Crippen molar-refractivity contribution >= 4 is 12.0 Å². The minimum absolute atomic E-state index is 0.184. The normalized spacial score (nSPS) is 30.8. The van der Waals surface area contributed by atoms with Crippen molar-refractivity contribution in [3.63, 3.8) is 0 Å². The lowest BCUT2D eigenvalue weighted by atomic mass is 9.62. The van der Waals surface area contributed by atoms with E-state index in [4.69, 9.17) is 4.74 Å². The number of aliphatic hydroxyl groups is 1. The second-order valence-electron chi connectivity index (χ2n) is 8.74. The summed E-state index contributed by atoms with van der Waals surface area (Å²) in [6, 6.07) is 8.67. The van der Waals surface area contributed by atoms with E-state index in [1.165, 1.54) is 55.6 Å². The molecule has 1 aliphatic carbocycles. The number of allylic oxidation sites excluding steroid dienone is 1. The highest BCUT2D eigenvalue weighted by molar-refractivity contribution is 5.83. The maximum atomic E-state index is 14.6. The second-order valence-corrected chi connectivity index (χ2v) is 8.74. The molecule has 0 radical (unpaired) electrons. The van der Waals surface area contributed by atoms with Gasteiger partial charge in [0, 0.05) is 29.2 Å². The van der Waals surface area contributed by atoms with E-state index in [0.717, 1.165) is 0 Å². The first-order valence-corrected chi connectivity index (χ1v) is 10.6. The molecule has 2 fully saturated rings. The number of para-hydroxylation sites is 1. The first-order chi connectivity index (χ1) is 15.8. The smallest absolute Gasteiger partial charge is 0.460 e. The Labute approximate surface area is 192 Å². The van der Waals surface area contributed by atoms with Gasteiger partial charge in [-0.2, -0.15) is 0 Å². The van der Waals surface area contributed by atoms with E-state index in [1.807, 2.05) is 0 Å². The molecule has 1 saturated heterocycles. The van der Waals surface area contributed by atoms with Gasteiger partial charge in [0.25, 0.3) is 5.92 Å². The predicted octanol–water partition coefficient (Wildman–Crippen LogP) is 5.24. The summed E-state index contributed by atoms with van der Waals surface area (Å²) in [4.78, 5) is 16.3. The summed E-state index contributed by atoms with van der Waals surface area (Å²) in [6.07, 6.45) is -2.28. The number of rotatable bonds is 4. The number of pyridine rings is 1. The van der Waals surface area contributed by atoms with Gasteiger partial charge in [-0.3, -0.25) is 4.98 Å². The van der Waals surface area contributed by atoms with Crippen LogP contribution in [-0.2, 0) is 9.53 Å². The van der Waals surface area contributed by atoms with Crippen LogP contribution in [0.15, 0.2) is 48.7 Å². The van der Waals surface area contributed by atoms with Crippen LogP contribution in [0.5, 0.6) is 5.75 Å². The van der Waals surface area contributed by atoms with E-state index in [2.05, 4.69) is 9.72 Å². The van der Waals surface area contributed by atoms with Crippen LogP contribution in [0.2, 0.25) is 0 Å². The summed E-state index contributed by atoms with van der Waals surface area (Å²) in [5.74, 6) is -7.61. The monoisotopic (exact) mass is 483 g/mol. The Balaban J connectivity index is 1.60. The van der Waals surface area contributed by atoms with Crippen LogP contribution in [-0.4, -0.2) is 40.0 Å². The molecule has 0 bridgehead atoms. The van der Waals surface area contributed by atoms with E-state index in [9.17, 15) is 31.9 Å². The molecule has 5 nitrogen and oxygen atoms in total. The minimum Gasteiger partial charge on any atom is -0.460 e. The summed E-state index contributed by atoms with van der Waals surface area (Å²) >= 11 is 0. The van der Waals surface area contributed by atoms with E-state index in [-0.39, 0.29) is 11.3 Å². The van der Waals surface area contributed by atoms with Crippen LogP contribution in [0.3, 0.4) is 0 Å². The molecule has 1 N–H and O–H groups in total. The zero-order chi connectivity index (χ0) is 24.9. The molecule has 2 aromatic rings. The Morgan fingerprint density at radius 2 is 1.88 bits per heavy atom. The van der Waals surface area contributed by atoms with Gasteiger partial charge in [-0.1, -0.05) is 37.3 Å².